The van der Waals surface area contributed by atoms with Crippen LogP contribution in [0.4, 0.5) is 0 Å². The van der Waals surface area contributed by atoms with Gasteiger partial charge in [0.15, 0.2) is 5.78 Å². The molecule has 98 valence electrons. The molecule has 0 spiro atoms. The van der Waals surface area contributed by atoms with Crippen LogP contribution in [-0.4, -0.2) is 18.9 Å². The number of esters is 1. The van der Waals surface area contributed by atoms with E-state index in [0.717, 1.165) is 11.1 Å². The highest BCUT2D eigenvalue weighted by Crippen LogP contribution is 2.29. The number of carbonyl (C=O) groups is 2. The predicted molar refractivity (Wildman–Crippen MR) is 70.9 cm³/mol. The fourth-order valence-corrected chi connectivity index (χ4v) is 2.19. The standard InChI is InChI=1S/C15H20O3/c1-10(7-15(17)18-4)5-6-14-11(2)8-13(16)9-12(14)3/h5-8,12,14H,9H2,1-4H3/b6-5+,10-7-/t12-,14?/m1/s1. The summed E-state index contributed by atoms with van der Waals surface area (Å²) in [7, 11) is 1.36. The smallest absolute Gasteiger partial charge is 0.330 e. The molecule has 0 aromatic rings. The summed E-state index contributed by atoms with van der Waals surface area (Å²) < 4.78 is 4.56. The van der Waals surface area contributed by atoms with Crippen molar-refractivity contribution in [1.82, 2.24) is 0 Å². The summed E-state index contributed by atoms with van der Waals surface area (Å²) >= 11 is 0. The molecule has 1 aliphatic carbocycles. The minimum Gasteiger partial charge on any atom is -0.466 e. The maximum atomic E-state index is 11.4. The zero-order valence-corrected chi connectivity index (χ0v) is 11.4. The molecule has 0 N–H and O–H groups in total. The van der Waals surface area contributed by atoms with Gasteiger partial charge in [-0.15, -0.1) is 0 Å². The Morgan fingerprint density at radius 3 is 2.72 bits per heavy atom. The van der Waals surface area contributed by atoms with Crippen molar-refractivity contribution in [2.24, 2.45) is 11.8 Å². The van der Waals surface area contributed by atoms with Crippen molar-refractivity contribution >= 4 is 11.8 Å². The zero-order valence-electron chi connectivity index (χ0n) is 11.4. The molecule has 0 heterocycles. The molecule has 0 radical (unpaired) electrons. The highest BCUT2D eigenvalue weighted by Gasteiger charge is 2.23. The Hall–Kier alpha value is -1.64. The molecule has 1 aliphatic rings. The van der Waals surface area contributed by atoms with E-state index in [-0.39, 0.29) is 17.7 Å². The first kappa shape index (κ1) is 14.4. The van der Waals surface area contributed by atoms with E-state index in [1.165, 1.54) is 13.2 Å². The van der Waals surface area contributed by atoms with Crippen molar-refractivity contribution in [3.63, 3.8) is 0 Å². The third-order valence-electron chi connectivity index (χ3n) is 3.16. The Balaban J connectivity index is 2.78. The highest BCUT2D eigenvalue weighted by molar-refractivity contribution is 5.91. The lowest BCUT2D eigenvalue weighted by Gasteiger charge is -2.25. The molecule has 0 aliphatic heterocycles. The molecule has 2 atom stereocenters. The Morgan fingerprint density at radius 2 is 2.17 bits per heavy atom. The van der Waals surface area contributed by atoms with Gasteiger partial charge >= 0.3 is 5.97 Å². The highest BCUT2D eigenvalue weighted by atomic mass is 16.5. The number of hydrogen-bond donors (Lipinski definition) is 0. The van der Waals surface area contributed by atoms with Gasteiger partial charge in [-0.2, -0.15) is 0 Å². The summed E-state index contributed by atoms with van der Waals surface area (Å²) in [6.45, 7) is 5.90. The first-order chi connectivity index (χ1) is 8.43. The number of ketones is 1. The van der Waals surface area contributed by atoms with E-state index in [1.54, 1.807) is 6.08 Å². The van der Waals surface area contributed by atoms with E-state index in [4.69, 9.17) is 0 Å². The lowest BCUT2D eigenvalue weighted by Crippen LogP contribution is -2.20. The van der Waals surface area contributed by atoms with Gasteiger partial charge in [0.25, 0.3) is 0 Å². The number of carbonyl (C=O) groups excluding carboxylic acids is 2. The predicted octanol–water partition coefficient (Wildman–Crippen LogP) is 2.83. The Labute approximate surface area is 108 Å². The van der Waals surface area contributed by atoms with Crippen molar-refractivity contribution < 1.29 is 14.3 Å². The van der Waals surface area contributed by atoms with E-state index in [0.29, 0.717) is 12.3 Å². The minimum absolute atomic E-state index is 0.200. The van der Waals surface area contributed by atoms with Gasteiger partial charge in [-0.3, -0.25) is 4.79 Å². The van der Waals surface area contributed by atoms with Crippen molar-refractivity contribution in [3.05, 3.63) is 35.5 Å². The molecular weight excluding hydrogens is 228 g/mol. The largest absolute Gasteiger partial charge is 0.466 e. The first-order valence-electron chi connectivity index (χ1n) is 6.09. The van der Waals surface area contributed by atoms with E-state index in [9.17, 15) is 9.59 Å². The van der Waals surface area contributed by atoms with Gasteiger partial charge in [0.2, 0.25) is 0 Å². The molecule has 0 aromatic carbocycles. The van der Waals surface area contributed by atoms with Crippen LogP contribution >= 0.6 is 0 Å². The second-order valence-electron chi connectivity index (χ2n) is 4.83. The molecule has 0 fully saturated rings. The molecular formula is C15H20O3. The topological polar surface area (TPSA) is 43.4 Å². The number of ether oxygens (including phenoxy) is 1. The van der Waals surface area contributed by atoms with Gasteiger partial charge in [0.05, 0.1) is 7.11 Å². The number of hydrogen-bond acceptors (Lipinski definition) is 3. The van der Waals surface area contributed by atoms with Crippen LogP contribution in [0.1, 0.15) is 27.2 Å². The minimum atomic E-state index is -0.351. The van der Waals surface area contributed by atoms with Crippen LogP contribution in [0, 0.1) is 11.8 Å². The molecule has 18 heavy (non-hydrogen) atoms. The molecule has 0 saturated carbocycles. The van der Waals surface area contributed by atoms with E-state index < -0.39 is 0 Å². The van der Waals surface area contributed by atoms with Crippen LogP contribution in [-0.2, 0) is 14.3 Å². The number of allylic oxidation sites excluding steroid dienone is 5. The van der Waals surface area contributed by atoms with Gasteiger partial charge in [0, 0.05) is 18.4 Å². The van der Waals surface area contributed by atoms with E-state index in [2.05, 4.69) is 17.7 Å². The lowest BCUT2D eigenvalue weighted by molar-refractivity contribution is -0.134. The van der Waals surface area contributed by atoms with Crippen LogP contribution in [0.25, 0.3) is 0 Å². The summed E-state index contributed by atoms with van der Waals surface area (Å²) in [5.74, 6) is 0.427. The third-order valence-corrected chi connectivity index (χ3v) is 3.16. The molecule has 1 rings (SSSR count). The first-order valence-corrected chi connectivity index (χ1v) is 6.09. The van der Waals surface area contributed by atoms with Crippen LogP contribution in [0.15, 0.2) is 35.5 Å². The molecule has 0 saturated heterocycles. The van der Waals surface area contributed by atoms with Gasteiger partial charge in [0.1, 0.15) is 0 Å². The van der Waals surface area contributed by atoms with Crippen molar-refractivity contribution in [2.45, 2.75) is 27.2 Å². The molecule has 3 nitrogen and oxygen atoms in total. The SMILES string of the molecule is COC(=O)/C=C(C)\C=C\C1C(C)=CC(=O)C[C@H]1C. The maximum absolute atomic E-state index is 11.4. The van der Waals surface area contributed by atoms with Crippen LogP contribution < -0.4 is 0 Å². The average molecular weight is 248 g/mol. The maximum Gasteiger partial charge on any atom is 0.330 e. The van der Waals surface area contributed by atoms with Gasteiger partial charge in [-0.05, 0) is 31.4 Å². The molecule has 3 heteroatoms. The van der Waals surface area contributed by atoms with E-state index in [1.807, 2.05) is 19.9 Å². The lowest BCUT2D eigenvalue weighted by atomic mass is 9.79. The summed E-state index contributed by atoms with van der Waals surface area (Å²) in [5.41, 5.74) is 1.93. The second kappa shape index (κ2) is 6.34. The third kappa shape index (κ3) is 3.99. The summed E-state index contributed by atoms with van der Waals surface area (Å²) in [5, 5.41) is 0. The quantitative estimate of drug-likeness (QED) is 0.438. The second-order valence-corrected chi connectivity index (χ2v) is 4.83. The molecule has 0 aromatic heterocycles. The monoisotopic (exact) mass is 248 g/mol. The number of rotatable bonds is 3. The number of methoxy groups -OCH3 is 1. The summed E-state index contributed by atoms with van der Waals surface area (Å²) in [4.78, 5) is 22.4. The van der Waals surface area contributed by atoms with E-state index >= 15 is 0 Å². The van der Waals surface area contributed by atoms with Crippen molar-refractivity contribution in [3.8, 4) is 0 Å². The van der Waals surface area contributed by atoms with Gasteiger partial charge < -0.3 is 4.74 Å². The average Bonchev–Trinajstić information content (AvgIpc) is 2.27. The van der Waals surface area contributed by atoms with Gasteiger partial charge in [-0.25, -0.2) is 4.79 Å². The zero-order chi connectivity index (χ0) is 13.7. The van der Waals surface area contributed by atoms with Gasteiger partial charge in [-0.1, -0.05) is 24.6 Å². The Morgan fingerprint density at radius 1 is 1.50 bits per heavy atom. The summed E-state index contributed by atoms with van der Waals surface area (Å²) in [6, 6.07) is 0. The fraction of sp³-hybridized carbons (Fsp3) is 0.467. The molecule has 0 bridgehead atoms. The van der Waals surface area contributed by atoms with Crippen molar-refractivity contribution in [1.29, 1.82) is 0 Å². The van der Waals surface area contributed by atoms with Crippen LogP contribution in [0.2, 0.25) is 0 Å². The Kier molecular flexibility index (Phi) is 5.08. The molecule has 1 unspecified atom stereocenters. The Bertz CT molecular complexity index is 427. The normalized spacial score (nSPS) is 25.2. The van der Waals surface area contributed by atoms with Crippen LogP contribution in [0.3, 0.4) is 0 Å². The van der Waals surface area contributed by atoms with Crippen LogP contribution in [0.5, 0.6) is 0 Å². The molecule has 0 amide bonds. The van der Waals surface area contributed by atoms with Crippen molar-refractivity contribution in [2.75, 3.05) is 7.11 Å². The fourth-order valence-electron chi connectivity index (χ4n) is 2.19. The summed E-state index contributed by atoms with van der Waals surface area (Å²) in [6.07, 6.45) is 7.72.